The number of hydrogen-bond acceptors (Lipinski definition) is 6. The monoisotopic (exact) mass is 437 g/mol. The molecule has 2 unspecified atom stereocenters. The molecule has 0 aromatic rings. The van der Waals surface area contributed by atoms with Crippen molar-refractivity contribution in [3.8, 4) is 0 Å². The zero-order valence-corrected chi connectivity index (χ0v) is 20.2. The van der Waals surface area contributed by atoms with Gasteiger partial charge in [0.1, 0.15) is 25.9 Å². The van der Waals surface area contributed by atoms with Gasteiger partial charge in [0.2, 0.25) is 0 Å². The molecule has 7 nitrogen and oxygen atoms in total. The van der Waals surface area contributed by atoms with E-state index in [1.807, 2.05) is 21.1 Å². The van der Waals surface area contributed by atoms with Gasteiger partial charge >= 0.3 is 5.97 Å². The summed E-state index contributed by atoms with van der Waals surface area (Å²) in [5.41, 5.74) is 0. The number of hydrogen-bond donors (Lipinski definition) is 0. The summed E-state index contributed by atoms with van der Waals surface area (Å²) in [6.45, 7) is 4.05. The van der Waals surface area contributed by atoms with E-state index in [0.29, 0.717) is 17.4 Å². The van der Waals surface area contributed by atoms with Crippen LogP contribution in [0.25, 0.3) is 0 Å². The Balaban J connectivity index is 4.15. The SMILES string of the molecule is CCCCCCCCCCCCC(COC(C)=O)OP(=O)([O-])OCC[N+](C)(C)C. The first-order chi connectivity index (χ1) is 13.6. The Morgan fingerprint density at radius 1 is 0.966 bits per heavy atom. The Labute approximate surface area is 178 Å². The van der Waals surface area contributed by atoms with Crippen LogP contribution in [0.3, 0.4) is 0 Å². The Hall–Kier alpha value is -0.460. The summed E-state index contributed by atoms with van der Waals surface area (Å²) in [7, 11) is 1.43. The number of esters is 1. The maximum Gasteiger partial charge on any atom is 0.302 e. The van der Waals surface area contributed by atoms with Crippen molar-refractivity contribution in [1.29, 1.82) is 0 Å². The van der Waals surface area contributed by atoms with E-state index >= 15 is 0 Å². The number of nitrogens with zero attached hydrogens (tertiary/aromatic N) is 1. The Kier molecular flexibility index (Phi) is 16.0. The molecule has 29 heavy (non-hydrogen) atoms. The largest absolute Gasteiger partial charge is 0.756 e. The van der Waals surface area contributed by atoms with Crippen LogP contribution in [0, 0.1) is 0 Å². The molecule has 0 saturated heterocycles. The van der Waals surface area contributed by atoms with Crippen LogP contribution in [-0.4, -0.2) is 57.5 Å². The van der Waals surface area contributed by atoms with Crippen molar-refractivity contribution < 1.29 is 32.5 Å². The minimum absolute atomic E-state index is 0.0584. The number of unbranched alkanes of at least 4 members (excludes halogenated alkanes) is 9. The highest BCUT2D eigenvalue weighted by molar-refractivity contribution is 7.45. The van der Waals surface area contributed by atoms with Gasteiger partial charge in [-0.3, -0.25) is 9.36 Å². The second-order valence-electron chi connectivity index (χ2n) is 8.80. The predicted octanol–water partition coefficient (Wildman–Crippen LogP) is 4.44. The normalized spacial score (nSPS) is 15.1. The van der Waals surface area contributed by atoms with Gasteiger partial charge in [-0.15, -0.1) is 0 Å². The van der Waals surface area contributed by atoms with E-state index < -0.39 is 19.9 Å². The first kappa shape index (κ1) is 28.5. The molecule has 0 aliphatic rings. The summed E-state index contributed by atoms with van der Waals surface area (Å²) in [6.07, 6.45) is 11.8. The molecule has 0 spiro atoms. The van der Waals surface area contributed by atoms with Crippen molar-refractivity contribution >= 4 is 13.8 Å². The van der Waals surface area contributed by atoms with Crippen LogP contribution in [0.1, 0.15) is 84.5 Å². The van der Waals surface area contributed by atoms with Gasteiger partial charge in [-0.2, -0.15) is 0 Å². The van der Waals surface area contributed by atoms with Crippen molar-refractivity contribution in [3.05, 3.63) is 0 Å². The molecule has 0 fully saturated rings. The maximum atomic E-state index is 12.1. The molecule has 8 heteroatoms. The minimum Gasteiger partial charge on any atom is -0.756 e. The van der Waals surface area contributed by atoms with E-state index in [-0.39, 0.29) is 13.2 Å². The number of carbonyl (C=O) groups is 1. The number of ether oxygens (including phenoxy) is 1. The lowest BCUT2D eigenvalue weighted by atomic mass is 10.0. The van der Waals surface area contributed by atoms with Gasteiger partial charge in [0.05, 0.1) is 21.1 Å². The predicted molar refractivity (Wildman–Crippen MR) is 114 cm³/mol. The molecule has 0 N–H and O–H groups in total. The van der Waals surface area contributed by atoms with E-state index in [4.69, 9.17) is 13.8 Å². The van der Waals surface area contributed by atoms with Gasteiger partial charge in [-0.05, 0) is 6.42 Å². The third-order valence-corrected chi connectivity index (χ3v) is 5.70. The van der Waals surface area contributed by atoms with Crippen molar-refractivity contribution in [3.63, 3.8) is 0 Å². The molecular weight excluding hydrogens is 393 g/mol. The smallest absolute Gasteiger partial charge is 0.302 e. The Morgan fingerprint density at radius 3 is 1.97 bits per heavy atom. The second-order valence-corrected chi connectivity index (χ2v) is 10.2. The summed E-state index contributed by atoms with van der Waals surface area (Å²) >= 11 is 0. The van der Waals surface area contributed by atoms with E-state index in [1.54, 1.807) is 0 Å². The van der Waals surface area contributed by atoms with Crippen LogP contribution in [0.15, 0.2) is 0 Å². The highest BCUT2D eigenvalue weighted by Crippen LogP contribution is 2.40. The fourth-order valence-corrected chi connectivity index (χ4v) is 3.77. The zero-order chi connectivity index (χ0) is 22.2. The first-order valence-corrected chi connectivity index (χ1v) is 12.6. The summed E-state index contributed by atoms with van der Waals surface area (Å²) in [5.74, 6) is -0.451. The van der Waals surface area contributed by atoms with E-state index in [0.717, 1.165) is 19.3 Å². The Morgan fingerprint density at radius 2 is 1.48 bits per heavy atom. The fraction of sp³-hybridized carbons (Fsp3) is 0.952. The minimum atomic E-state index is -4.43. The van der Waals surface area contributed by atoms with Crippen molar-refractivity contribution in [2.75, 3.05) is 40.9 Å². The molecule has 0 heterocycles. The average Bonchev–Trinajstić information content (AvgIpc) is 2.59. The third-order valence-electron chi connectivity index (χ3n) is 4.64. The number of phosphoric acid groups is 1. The highest BCUT2D eigenvalue weighted by atomic mass is 31.2. The standard InChI is InChI=1S/C21H44NO6P/c1-6-7-8-9-10-11-12-13-14-15-16-21(19-26-20(2)23)28-29(24,25)27-18-17-22(3,4)5/h21H,6-19H2,1-5H3. The molecule has 0 saturated carbocycles. The number of phosphoric ester groups is 1. The molecule has 0 aromatic carbocycles. The summed E-state index contributed by atoms with van der Waals surface area (Å²) < 4.78 is 27.8. The van der Waals surface area contributed by atoms with Crippen LogP contribution in [0.2, 0.25) is 0 Å². The quantitative estimate of drug-likeness (QED) is 0.129. The molecule has 2 atom stereocenters. The van der Waals surface area contributed by atoms with Gasteiger partial charge in [0.15, 0.2) is 0 Å². The van der Waals surface area contributed by atoms with Crippen LogP contribution < -0.4 is 4.89 Å². The van der Waals surface area contributed by atoms with Crippen LogP contribution in [0.5, 0.6) is 0 Å². The molecule has 0 radical (unpaired) electrons. The van der Waals surface area contributed by atoms with E-state index in [2.05, 4.69) is 6.92 Å². The zero-order valence-electron chi connectivity index (χ0n) is 19.3. The third kappa shape index (κ3) is 20.6. The molecule has 0 aliphatic carbocycles. The summed E-state index contributed by atoms with van der Waals surface area (Å²) in [4.78, 5) is 23.2. The molecule has 0 amide bonds. The lowest BCUT2D eigenvalue weighted by Gasteiger charge is -2.30. The van der Waals surface area contributed by atoms with E-state index in [9.17, 15) is 14.3 Å². The van der Waals surface area contributed by atoms with Gasteiger partial charge in [0.25, 0.3) is 7.82 Å². The van der Waals surface area contributed by atoms with Crippen LogP contribution in [-0.2, 0) is 23.1 Å². The number of quaternary nitrogens is 1. The van der Waals surface area contributed by atoms with Gasteiger partial charge in [-0.25, -0.2) is 0 Å². The van der Waals surface area contributed by atoms with Crippen molar-refractivity contribution in [2.24, 2.45) is 0 Å². The molecule has 0 rings (SSSR count). The maximum absolute atomic E-state index is 12.1. The van der Waals surface area contributed by atoms with Crippen molar-refractivity contribution in [1.82, 2.24) is 0 Å². The molecule has 174 valence electrons. The first-order valence-electron chi connectivity index (χ1n) is 11.1. The second kappa shape index (κ2) is 16.3. The summed E-state index contributed by atoms with van der Waals surface area (Å²) in [5, 5.41) is 0. The molecule has 0 aromatic heterocycles. The van der Waals surface area contributed by atoms with Gasteiger partial charge < -0.3 is 23.2 Å². The Bertz CT molecular complexity index is 467. The molecule has 0 aliphatic heterocycles. The number of likely N-dealkylation sites (N-methyl/N-ethyl adjacent to an activating group) is 1. The van der Waals surface area contributed by atoms with E-state index in [1.165, 1.54) is 51.9 Å². The number of rotatable bonds is 19. The topological polar surface area (TPSA) is 84.9 Å². The molecular formula is C21H44NO6P. The van der Waals surface area contributed by atoms with Crippen molar-refractivity contribution in [2.45, 2.75) is 90.6 Å². The highest BCUT2D eigenvalue weighted by Gasteiger charge is 2.20. The number of carbonyl (C=O) groups excluding carboxylic acids is 1. The lowest BCUT2D eigenvalue weighted by Crippen LogP contribution is -2.37. The van der Waals surface area contributed by atoms with Gasteiger partial charge in [0, 0.05) is 6.92 Å². The summed E-state index contributed by atoms with van der Waals surface area (Å²) in [6, 6.07) is 0. The van der Waals surface area contributed by atoms with Crippen LogP contribution in [0.4, 0.5) is 0 Å². The fourth-order valence-electron chi connectivity index (χ4n) is 2.88. The average molecular weight is 438 g/mol. The van der Waals surface area contributed by atoms with Gasteiger partial charge in [-0.1, -0.05) is 71.1 Å². The molecule has 0 bridgehead atoms. The lowest BCUT2D eigenvalue weighted by molar-refractivity contribution is -0.870. The van der Waals surface area contributed by atoms with Crippen LogP contribution >= 0.6 is 7.82 Å².